The third-order valence-corrected chi connectivity index (χ3v) is 6.01. The molecule has 100 valence electrons. The molecule has 2 fully saturated rings. The van der Waals surface area contributed by atoms with E-state index in [-0.39, 0.29) is 5.25 Å². The second-order valence-corrected chi connectivity index (χ2v) is 7.50. The highest BCUT2D eigenvalue weighted by atomic mass is 32.2. The van der Waals surface area contributed by atoms with Gasteiger partial charge < -0.3 is 10.6 Å². The van der Waals surface area contributed by atoms with Gasteiger partial charge in [-0.15, -0.1) is 0 Å². The maximum Gasteiger partial charge on any atom is 0.217 e. The number of hydrogen-bond donors (Lipinski definition) is 1. The molecule has 6 heteroatoms. The Morgan fingerprint density at radius 3 is 2.29 bits per heavy atom. The highest BCUT2D eigenvalue weighted by Crippen LogP contribution is 2.31. The van der Waals surface area contributed by atoms with Crippen LogP contribution < -0.4 is 5.73 Å². The SMILES string of the molecule is CC(CN)CN1CCN(S(=O)(=O)C2CC2)CC1. The van der Waals surface area contributed by atoms with Crippen molar-refractivity contribution < 1.29 is 8.42 Å². The Kier molecular flexibility index (Phi) is 4.07. The molecule has 1 unspecified atom stereocenters. The van der Waals surface area contributed by atoms with Crippen LogP contribution in [0, 0.1) is 5.92 Å². The summed E-state index contributed by atoms with van der Waals surface area (Å²) in [6.45, 7) is 6.79. The Balaban J connectivity index is 1.81. The summed E-state index contributed by atoms with van der Waals surface area (Å²) in [7, 11) is -2.96. The number of sulfonamides is 1. The molecule has 2 N–H and O–H groups in total. The zero-order valence-corrected chi connectivity index (χ0v) is 11.3. The van der Waals surface area contributed by atoms with Gasteiger partial charge in [0, 0.05) is 32.7 Å². The summed E-state index contributed by atoms with van der Waals surface area (Å²) in [5.41, 5.74) is 5.60. The lowest BCUT2D eigenvalue weighted by atomic mass is 10.1. The van der Waals surface area contributed by atoms with Crippen LogP contribution in [-0.2, 0) is 10.0 Å². The summed E-state index contributed by atoms with van der Waals surface area (Å²) >= 11 is 0. The monoisotopic (exact) mass is 261 g/mol. The molecule has 0 amide bonds. The summed E-state index contributed by atoms with van der Waals surface area (Å²) < 4.78 is 25.7. The van der Waals surface area contributed by atoms with Gasteiger partial charge in [0.1, 0.15) is 0 Å². The van der Waals surface area contributed by atoms with E-state index in [4.69, 9.17) is 5.73 Å². The average Bonchev–Trinajstić information content (AvgIpc) is 3.13. The van der Waals surface area contributed by atoms with E-state index >= 15 is 0 Å². The first kappa shape index (κ1) is 13.3. The van der Waals surface area contributed by atoms with Crippen LogP contribution >= 0.6 is 0 Å². The standard InChI is InChI=1S/C11H23N3O2S/c1-10(8-12)9-13-4-6-14(7-5-13)17(15,16)11-2-3-11/h10-11H,2-9,12H2,1H3. The van der Waals surface area contributed by atoms with Crippen molar-refractivity contribution in [2.24, 2.45) is 11.7 Å². The Morgan fingerprint density at radius 2 is 1.82 bits per heavy atom. The smallest absolute Gasteiger partial charge is 0.217 e. The van der Waals surface area contributed by atoms with E-state index in [0.29, 0.717) is 25.6 Å². The van der Waals surface area contributed by atoms with Crippen LogP contribution in [0.15, 0.2) is 0 Å². The van der Waals surface area contributed by atoms with Crippen LogP contribution in [0.5, 0.6) is 0 Å². The zero-order chi connectivity index (χ0) is 12.5. The molecule has 1 saturated heterocycles. The minimum absolute atomic E-state index is 0.0722. The molecule has 1 aliphatic heterocycles. The molecular formula is C11H23N3O2S. The highest BCUT2D eigenvalue weighted by molar-refractivity contribution is 7.90. The van der Waals surface area contributed by atoms with Crippen LogP contribution in [-0.4, -0.2) is 62.1 Å². The number of rotatable bonds is 5. The van der Waals surface area contributed by atoms with Gasteiger partial charge in [0.25, 0.3) is 0 Å². The van der Waals surface area contributed by atoms with Gasteiger partial charge in [-0.3, -0.25) is 0 Å². The largest absolute Gasteiger partial charge is 0.330 e. The van der Waals surface area contributed by atoms with E-state index in [0.717, 1.165) is 32.5 Å². The van der Waals surface area contributed by atoms with Crippen LogP contribution in [0.3, 0.4) is 0 Å². The minimum atomic E-state index is -2.96. The van der Waals surface area contributed by atoms with E-state index in [2.05, 4.69) is 11.8 Å². The summed E-state index contributed by atoms with van der Waals surface area (Å²) in [6, 6.07) is 0. The van der Waals surface area contributed by atoms with E-state index in [1.165, 1.54) is 0 Å². The van der Waals surface area contributed by atoms with Crippen LogP contribution in [0.4, 0.5) is 0 Å². The fourth-order valence-corrected chi connectivity index (χ4v) is 4.08. The number of hydrogen-bond acceptors (Lipinski definition) is 4. The lowest BCUT2D eigenvalue weighted by Gasteiger charge is -2.35. The summed E-state index contributed by atoms with van der Waals surface area (Å²) in [5, 5.41) is -0.0722. The Morgan fingerprint density at radius 1 is 1.24 bits per heavy atom. The summed E-state index contributed by atoms with van der Waals surface area (Å²) in [4.78, 5) is 2.32. The van der Waals surface area contributed by atoms with Crippen molar-refractivity contribution in [3.05, 3.63) is 0 Å². The van der Waals surface area contributed by atoms with E-state index in [1.807, 2.05) is 0 Å². The van der Waals surface area contributed by atoms with Crippen molar-refractivity contribution in [2.75, 3.05) is 39.3 Å². The average molecular weight is 261 g/mol. The first-order valence-corrected chi connectivity index (χ1v) is 7.95. The zero-order valence-electron chi connectivity index (χ0n) is 10.5. The number of piperazine rings is 1. The van der Waals surface area contributed by atoms with Crippen molar-refractivity contribution in [1.29, 1.82) is 0 Å². The van der Waals surface area contributed by atoms with E-state index in [1.54, 1.807) is 4.31 Å². The topological polar surface area (TPSA) is 66.6 Å². The van der Waals surface area contributed by atoms with Gasteiger partial charge in [0.05, 0.1) is 5.25 Å². The van der Waals surface area contributed by atoms with E-state index < -0.39 is 10.0 Å². The van der Waals surface area contributed by atoms with E-state index in [9.17, 15) is 8.42 Å². The molecule has 0 bridgehead atoms. The third-order valence-electron chi connectivity index (χ3n) is 3.61. The van der Waals surface area contributed by atoms with Gasteiger partial charge in [0.15, 0.2) is 0 Å². The van der Waals surface area contributed by atoms with Gasteiger partial charge in [-0.1, -0.05) is 6.92 Å². The molecule has 1 atom stereocenters. The maximum absolute atomic E-state index is 12.0. The molecule has 17 heavy (non-hydrogen) atoms. The lowest BCUT2D eigenvalue weighted by molar-refractivity contribution is 0.169. The molecule has 5 nitrogen and oxygen atoms in total. The first-order valence-electron chi connectivity index (χ1n) is 6.45. The van der Waals surface area contributed by atoms with Crippen molar-refractivity contribution in [2.45, 2.75) is 25.0 Å². The van der Waals surface area contributed by atoms with Crippen molar-refractivity contribution in [3.63, 3.8) is 0 Å². The minimum Gasteiger partial charge on any atom is -0.330 e. The Labute approximate surface area is 104 Å². The quantitative estimate of drug-likeness (QED) is 0.737. The molecule has 2 rings (SSSR count). The van der Waals surface area contributed by atoms with Crippen LogP contribution in [0.1, 0.15) is 19.8 Å². The molecule has 1 heterocycles. The first-order chi connectivity index (χ1) is 8.04. The lowest BCUT2D eigenvalue weighted by Crippen LogP contribution is -2.50. The molecule has 0 aromatic rings. The highest BCUT2D eigenvalue weighted by Gasteiger charge is 2.40. The normalized spacial score (nSPS) is 26.0. The fourth-order valence-electron chi connectivity index (χ4n) is 2.26. The van der Waals surface area contributed by atoms with Crippen LogP contribution in [0.25, 0.3) is 0 Å². The van der Waals surface area contributed by atoms with Crippen molar-refractivity contribution in [3.8, 4) is 0 Å². The Bertz CT molecular complexity index is 346. The summed E-state index contributed by atoms with van der Waals surface area (Å²) in [5.74, 6) is 0.488. The van der Waals surface area contributed by atoms with Crippen LogP contribution in [0.2, 0.25) is 0 Å². The molecule has 0 radical (unpaired) electrons. The molecule has 0 aromatic carbocycles. The predicted molar refractivity (Wildman–Crippen MR) is 68.2 cm³/mol. The molecule has 2 aliphatic rings. The van der Waals surface area contributed by atoms with Crippen molar-refractivity contribution >= 4 is 10.0 Å². The molecular weight excluding hydrogens is 238 g/mol. The van der Waals surface area contributed by atoms with Gasteiger partial charge >= 0.3 is 0 Å². The second kappa shape index (κ2) is 5.22. The third kappa shape index (κ3) is 3.19. The molecule has 0 aromatic heterocycles. The molecule has 1 aliphatic carbocycles. The van der Waals surface area contributed by atoms with Gasteiger partial charge in [0.2, 0.25) is 10.0 Å². The summed E-state index contributed by atoms with van der Waals surface area (Å²) in [6.07, 6.45) is 1.71. The predicted octanol–water partition coefficient (Wildman–Crippen LogP) is -0.309. The maximum atomic E-state index is 12.0. The molecule has 1 saturated carbocycles. The van der Waals surface area contributed by atoms with Gasteiger partial charge in [-0.25, -0.2) is 8.42 Å². The second-order valence-electron chi connectivity index (χ2n) is 5.28. The van der Waals surface area contributed by atoms with Gasteiger partial charge in [-0.05, 0) is 25.3 Å². The van der Waals surface area contributed by atoms with Gasteiger partial charge in [-0.2, -0.15) is 4.31 Å². The number of nitrogens with zero attached hydrogens (tertiary/aromatic N) is 2. The molecule has 0 spiro atoms. The fraction of sp³-hybridized carbons (Fsp3) is 1.00. The van der Waals surface area contributed by atoms with Crippen molar-refractivity contribution in [1.82, 2.24) is 9.21 Å². The Hall–Kier alpha value is -0.170. The number of nitrogens with two attached hydrogens (primary N) is 1.